The molecule has 1 saturated heterocycles. The fourth-order valence-electron chi connectivity index (χ4n) is 3.50. The van der Waals surface area contributed by atoms with Gasteiger partial charge in [0.05, 0.1) is 7.11 Å². The number of rotatable bonds is 5. The number of benzene rings is 2. The van der Waals surface area contributed by atoms with Crippen LogP contribution in [0.1, 0.15) is 24.0 Å². The lowest BCUT2D eigenvalue weighted by Crippen LogP contribution is -2.38. The molecule has 2 aromatic rings. The molecule has 0 unspecified atom stereocenters. The molecule has 0 radical (unpaired) electrons. The first-order chi connectivity index (χ1) is 12.5. The third kappa shape index (κ3) is 4.34. The van der Waals surface area contributed by atoms with Crippen molar-refractivity contribution in [1.82, 2.24) is 10.2 Å². The van der Waals surface area contributed by atoms with Crippen molar-refractivity contribution in [2.75, 3.05) is 20.2 Å². The Hall–Kier alpha value is -2.11. The zero-order chi connectivity index (χ0) is 18.7. The molecule has 0 bridgehead atoms. The van der Waals surface area contributed by atoms with Gasteiger partial charge in [0, 0.05) is 43.5 Å². The Morgan fingerprint density at radius 3 is 2.62 bits per heavy atom. The molecule has 26 heavy (non-hydrogen) atoms. The average molecular weight is 377 g/mol. The highest BCUT2D eigenvalue weighted by Gasteiger charge is 2.34. The van der Waals surface area contributed by atoms with E-state index in [0.717, 1.165) is 23.4 Å². The van der Waals surface area contributed by atoms with E-state index in [2.05, 4.69) is 10.2 Å². The lowest BCUT2D eigenvalue weighted by Gasteiger charge is -2.19. The second kappa shape index (κ2) is 8.06. The van der Waals surface area contributed by atoms with E-state index in [1.54, 1.807) is 13.2 Å². The summed E-state index contributed by atoms with van der Waals surface area (Å²) in [7, 11) is 1.64. The zero-order valence-corrected chi connectivity index (χ0v) is 15.6. The van der Waals surface area contributed by atoms with E-state index in [9.17, 15) is 9.18 Å². The van der Waals surface area contributed by atoms with E-state index < -0.39 is 0 Å². The molecule has 138 valence electrons. The number of amides is 1. The van der Waals surface area contributed by atoms with Crippen molar-refractivity contribution >= 4 is 17.5 Å². The van der Waals surface area contributed by atoms with Gasteiger partial charge in [0.2, 0.25) is 5.91 Å². The molecule has 2 atom stereocenters. The van der Waals surface area contributed by atoms with Crippen LogP contribution in [0.4, 0.5) is 4.39 Å². The van der Waals surface area contributed by atoms with Crippen LogP contribution in [0.25, 0.3) is 0 Å². The van der Waals surface area contributed by atoms with Crippen molar-refractivity contribution in [2.24, 2.45) is 0 Å². The van der Waals surface area contributed by atoms with Gasteiger partial charge in [0.25, 0.3) is 0 Å². The summed E-state index contributed by atoms with van der Waals surface area (Å²) in [5, 5.41) is 3.48. The van der Waals surface area contributed by atoms with E-state index in [4.69, 9.17) is 16.3 Å². The van der Waals surface area contributed by atoms with Crippen LogP contribution in [0.15, 0.2) is 42.5 Å². The van der Waals surface area contributed by atoms with Gasteiger partial charge in [-0.05, 0) is 35.4 Å². The van der Waals surface area contributed by atoms with Crippen LogP contribution >= 0.6 is 11.6 Å². The molecule has 1 heterocycles. The minimum Gasteiger partial charge on any atom is -0.497 e. The summed E-state index contributed by atoms with van der Waals surface area (Å²) in [6.07, 6.45) is 0. The number of hydrogen-bond donors (Lipinski definition) is 1. The molecule has 4 nitrogen and oxygen atoms in total. The number of hydrogen-bond acceptors (Lipinski definition) is 3. The van der Waals surface area contributed by atoms with Gasteiger partial charge in [0.1, 0.15) is 11.6 Å². The van der Waals surface area contributed by atoms with Crippen LogP contribution in [-0.4, -0.2) is 37.0 Å². The molecule has 0 aliphatic carbocycles. The summed E-state index contributed by atoms with van der Waals surface area (Å²) < 4.78 is 18.5. The number of methoxy groups -OCH3 is 1. The Kier molecular flexibility index (Phi) is 5.79. The molecular formula is C20H22ClFN2O2. The van der Waals surface area contributed by atoms with Gasteiger partial charge in [-0.15, -0.1) is 0 Å². The average Bonchev–Trinajstić information content (AvgIpc) is 2.99. The van der Waals surface area contributed by atoms with Crippen LogP contribution in [0.3, 0.4) is 0 Å². The topological polar surface area (TPSA) is 41.6 Å². The van der Waals surface area contributed by atoms with Crippen LogP contribution < -0.4 is 10.1 Å². The maximum absolute atomic E-state index is 13.3. The number of ether oxygens (including phenoxy) is 1. The van der Waals surface area contributed by atoms with E-state index in [1.807, 2.05) is 24.3 Å². The van der Waals surface area contributed by atoms with Gasteiger partial charge in [-0.2, -0.15) is 0 Å². The van der Waals surface area contributed by atoms with Crippen LogP contribution in [0, 0.1) is 5.82 Å². The summed E-state index contributed by atoms with van der Waals surface area (Å²) in [5.41, 5.74) is 2.03. The normalized spacial score (nSPS) is 20.2. The minimum atomic E-state index is -0.340. The standard InChI is InChI=1S/C20H22ClFN2O2/c1-13(25)23-20-12-24(10-15-3-6-16(22)9-19(15)21)11-18(20)14-4-7-17(26-2)8-5-14/h3-9,18,20H,10-12H2,1-2H3,(H,23,25)/t18-,20+/m0/s1. The zero-order valence-electron chi connectivity index (χ0n) is 14.8. The first kappa shape index (κ1) is 18.7. The number of nitrogens with one attached hydrogen (secondary N) is 1. The highest BCUT2D eigenvalue weighted by molar-refractivity contribution is 6.31. The monoisotopic (exact) mass is 376 g/mol. The summed E-state index contributed by atoms with van der Waals surface area (Å²) in [6.45, 7) is 3.64. The second-order valence-electron chi connectivity index (χ2n) is 6.62. The molecule has 3 rings (SSSR count). The number of likely N-dealkylation sites (tertiary alicyclic amines) is 1. The SMILES string of the molecule is COc1ccc([C@@H]2CN(Cc3ccc(F)cc3Cl)C[C@H]2NC(C)=O)cc1. The van der Waals surface area contributed by atoms with Crippen molar-refractivity contribution in [3.63, 3.8) is 0 Å². The van der Waals surface area contributed by atoms with Gasteiger partial charge in [-0.1, -0.05) is 29.8 Å². The fraction of sp³-hybridized carbons (Fsp3) is 0.350. The van der Waals surface area contributed by atoms with E-state index in [1.165, 1.54) is 19.1 Å². The lowest BCUT2D eigenvalue weighted by molar-refractivity contribution is -0.119. The van der Waals surface area contributed by atoms with Crippen molar-refractivity contribution in [2.45, 2.75) is 25.4 Å². The lowest BCUT2D eigenvalue weighted by atomic mass is 9.94. The smallest absolute Gasteiger partial charge is 0.217 e. The fourth-order valence-corrected chi connectivity index (χ4v) is 3.73. The first-order valence-electron chi connectivity index (χ1n) is 8.53. The molecule has 0 spiro atoms. The summed E-state index contributed by atoms with van der Waals surface area (Å²) in [5.74, 6) is 0.587. The molecule has 1 N–H and O–H groups in total. The molecular weight excluding hydrogens is 355 g/mol. The Morgan fingerprint density at radius 1 is 1.27 bits per heavy atom. The summed E-state index contributed by atoms with van der Waals surface area (Å²) in [6, 6.07) is 12.4. The minimum absolute atomic E-state index is 0.0140. The Bertz CT molecular complexity index is 782. The van der Waals surface area contributed by atoms with Gasteiger partial charge in [-0.25, -0.2) is 4.39 Å². The maximum atomic E-state index is 13.3. The van der Waals surface area contributed by atoms with E-state index in [-0.39, 0.29) is 23.7 Å². The second-order valence-corrected chi connectivity index (χ2v) is 7.02. The van der Waals surface area contributed by atoms with Gasteiger partial charge < -0.3 is 10.1 Å². The van der Waals surface area contributed by atoms with Crippen molar-refractivity contribution in [3.05, 3.63) is 64.4 Å². The molecule has 1 fully saturated rings. The Labute approximate surface area is 157 Å². The van der Waals surface area contributed by atoms with Gasteiger partial charge in [0.15, 0.2) is 0 Å². The number of carbonyl (C=O) groups excluding carboxylic acids is 1. The third-order valence-electron chi connectivity index (χ3n) is 4.74. The number of halogens is 2. The quantitative estimate of drug-likeness (QED) is 0.867. The van der Waals surface area contributed by atoms with Crippen molar-refractivity contribution in [3.8, 4) is 5.75 Å². The van der Waals surface area contributed by atoms with Crippen LogP contribution in [0.5, 0.6) is 5.75 Å². The van der Waals surface area contributed by atoms with E-state index in [0.29, 0.717) is 18.1 Å². The van der Waals surface area contributed by atoms with Crippen molar-refractivity contribution < 1.29 is 13.9 Å². The van der Waals surface area contributed by atoms with Crippen molar-refractivity contribution in [1.29, 1.82) is 0 Å². The molecule has 2 aromatic carbocycles. The largest absolute Gasteiger partial charge is 0.497 e. The predicted octanol–water partition coefficient (Wildman–Crippen LogP) is 3.59. The maximum Gasteiger partial charge on any atom is 0.217 e. The summed E-state index contributed by atoms with van der Waals surface area (Å²) in [4.78, 5) is 13.9. The molecule has 0 aromatic heterocycles. The number of carbonyl (C=O) groups is 1. The number of nitrogens with zero attached hydrogens (tertiary/aromatic N) is 1. The highest BCUT2D eigenvalue weighted by Crippen LogP contribution is 2.31. The predicted molar refractivity (Wildman–Crippen MR) is 100 cm³/mol. The molecule has 1 aliphatic heterocycles. The van der Waals surface area contributed by atoms with Gasteiger partial charge >= 0.3 is 0 Å². The molecule has 0 saturated carbocycles. The Morgan fingerprint density at radius 2 is 2.00 bits per heavy atom. The molecule has 1 aliphatic rings. The third-order valence-corrected chi connectivity index (χ3v) is 5.09. The first-order valence-corrected chi connectivity index (χ1v) is 8.91. The summed E-state index contributed by atoms with van der Waals surface area (Å²) >= 11 is 6.17. The van der Waals surface area contributed by atoms with Gasteiger partial charge in [-0.3, -0.25) is 9.69 Å². The van der Waals surface area contributed by atoms with Crippen LogP contribution in [0.2, 0.25) is 5.02 Å². The molecule has 1 amide bonds. The van der Waals surface area contributed by atoms with Crippen LogP contribution in [-0.2, 0) is 11.3 Å². The highest BCUT2D eigenvalue weighted by atomic mass is 35.5. The molecule has 6 heteroatoms. The van der Waals surface area contributed by atoms with E-state index >= 15 is 0 Å². The Balaban J connectivity index is 1.78.